The fourth-order valence-corrected chi connectivity index (χ4v) is 3.46. The van der Waals surface area contributed by atoms with E-state index in [1.165, 1.54) is 11.3 Å². The van der Waals surface area contributed by atoms with E-state index in [0.29, 0.717) is 11.6 Å². The lowest BCUT2D eigenvalue weighted by Gasteiger charge is -2.08. The molecule has 1 atom stereocenters. The number of aromatic nitrogens is 1. The normalized spacial score (nSPS) is 11.9. The summed E-state index contributed by atoms with van der Waals surface area (Å²) in [5.41, 5.74) is 1.78. The number of halogens is 2. The highest BCUT2D eigenvalue weighted by Crippen LogP contribution is 2.27. The van der Waals surface area contributed by atoms with E-state index in [9.17, 15) is 4.79 Å². The van der Waals surface area contributed by atoms with Crippen molar-refractivity contribution in [2.24, 2.45) is 0 Å². The second kappa shape index (κ2) is 7.79. The van der Waals surface area contributed by atoms with Crippen LogP contribution in [-0.2, 0) is 11.2 Å². The van der Waals surface area contributed by atoms with Gasteiger partial charge in [-0.25, -0.2) is 4.98 Å². The van der Waals surface area contributed by atoms with Gasteiger partial charge in [-0.15, -0.1) is 22.9 Å². The van der Waals surface area contributed by atoms with Crippen LogP contribution in [0.4, 0.5) is 5.13 Å². The number of amides is 1. The maximum absolute atomic E-state index is 12.2. The third kappa shape index (κ3) is 4.15. The van der Waals surface area contributed by atoms with Crippen LogP contribution in [-0.4, -0.2) is 10.9 Å². The third-order valence-electron chi connectivity index (χ3n) is 3.43. The molecule has 0 radical (unpaired) electrons. The Labute approximate surface area is 154 Å². The molecule has 3 aromatic rings. The number of carbonyl (C=O) groups excluding carboxylic acids is 1. The Hall–Kier alpha value is -1.88. The van der Waals surface area contributed by atoms with Gasteiger partial charge >= 0.3 is 0 Å². The minimum Gasteiger partial charge on any atom is -0.300 e. The van der Waals surface area contributed by atoms with E-state index in [2.05, 4.69) is 10.3 Å². The Morgan fingerprint density at radius 2 is 1.83 bits per heavy atom. The number of hydrogen-bond acceptors (Lipinski definition) is 3. The van der Waals surface area contributed by atoms with E-state index >= 15 is 0 Å². The number of benzene rings is 2. The van der Waals surface area contributed by atoms with Crippen molar-refractivity contribution in [3.63, 3.8) is 0 Å². The molecule has 0 saturated heterocycles. The molecule has 3 rings (SSSR count). The second-order valence-electron chi connectivity index (χ2n) is 5.16. The van der Waals surface area contributed by atoms with Crippen molar-refractivity contribution in [3.8, 4) is 0 Å². The standard InChI is InChI=1S/C18H14Cl2N2OS/c19-15-9-5-4-8-13(15)10-14-11-21-18(24-14)22-17(23)16(20)12-6-2-1-3-7-12/h1-9,11,16H,10H2,(H,21,22,23). The molecule has 0 bridgehead atoms. The molecule has 1 unspecified atom stereocenters. The average Bonchev–Trinajstić information content (AvgIpc) is 3.04. The molecule has 0 spiro atoms. The van der Waals surface area contributed by atoms with Gasteiger partial charge in [0.05, 0.1) is 0 Å². The van der Waals surface area contributed by atoms with E-state index in [1.54, 1.807) is 6.20 Å². The molecule has 6 heteroatoms. The Morgan fingerprint density at radius 1 is 1.12 bits per heavy atom. The number of alkyl halides is 1. The summed E-state index contributed by atoms with van der Waals surface area (Å²) >= 11 is 13.8. The predicted molar refractivity (Wildman–Crippen MR) is 100 cm³/mol. The van der Waals surface area contributed by atoms with Gasteiger partial charge in [-0.2, -0.15) is 0 Å². The molecule has 3 nitrogen and oxygen atoms in total. The van der Waals surface area contributed by atoms with Crippen LogP contribution >= 0.6 is 34.5 Å². The fourth-order valence-electron chi connectivity index (χ4n) is 2.22. The summed E-state index contributed by atoms with van der Waals surface area (Å²) in [7, 11) is 0. The first-order valence-electron chi connectivity index (χ1n) is 7.31. The van der Waals surface area contributed by atoms with Crippen LogP contribution < -0.4 is 5.32 Å². The summed E-state index contributed by atoms with van der Waals surface area (Å²) in [6.07, 6.45) is 2.42. The van der Waals surface area contributed by atoms with E-state index in [-0.39, 0.29) is 5.91 Å². The van der Waals surface area contributed by atoms with Crippen molar-refractivity contribution < 1.29 is 4.79 Å². The van der Waals surface area contributed by atoms with Gasteiger partial charge in [0.15, 0.2) is 5.13 Å². The number of thiazole rings is 1. The Balaban J connectivity index is 1.66. The quantitative estimate of drug-likeness (QED) is 0.613. The zero-order valence-electron chi connectivity index (χ0n) is 12.6. The number of hydrogen-bond donors (Lipinski definition) is 1. The van der Waals surface area contributed by atoms with Crippen molar-refractivity contribution >= 4 is 45.6 Å². The maximum Gasteiger partial charge on any atom is 0.248 e. The van der Waals surface area contributed by atoms with Crippen LogP contribution in [0.3, 0.4) is 0 Å². The van der Waals surface area contributed by atoms with Crippen LogP contribution in [0.25, 0.3) is 0 Å². The lowest BCUT2D eigenvalue weighted by Crippen LogP contribution is -2.17. The van der Waals surface area contributed by atoms with E-state index in [0.717, 1.165) is 21.0 Å². The van der Waals surface area contributed by atoms with Gasteiger partial charge in [0.1, 0.15) is 5.38 Å². The van der Waals surface area contributed by atoms with Crippen molar-refractivity contribution in [2.75, 3.05) is 5.32 Å². The van der Waals surface area contributed by atoms with Crippen molar-refractivity contribution in [3.05, 3.63) is 81.8 Å². The fraction of sp³-hybridized carbons (Fsp3) is 0.111. The molecular formula is C18H14Cl2N2OS. The first kappa shape index (κ1) is 17.0. The highest BCUT2D eigenvalue weighted by Gasteiger charge is 2.18. The summed E-state index contributed by atoms with van der Waals surface area (Å²) < 4.78 is 0. The first-order chi connectivity index (χ1) is 11.6. The molecule has 24 heavy (non-hydrogen) atoms. The number of anilines is 1. The Bertz CT molecular complexity index is 836. The average molecular weight is 377 g/mol. The summed E-state index contributed by atoms with van der Waals surface area (Å²) in [6, 6.07) is 16.9. The lowest BCUT2D eigenvalue weighted by molar-refractivity contribution is -0.116. The van der Waals surface area contributed by atoms with Gasteiger partial charge in [0.25, 0.3) is 0 Å². The molecule has 0 saturated carbocycles. The van der Waals surface area contributed by atoms with Gasteiger partial charge in [-0.05, 0) is 17.2 Å². The van der Waals surface area contributed by atoms with Gasteiger partial charge < -0.3 is 5.32 Å². The molecule has 0 fully saturated rings. The molecule has 2 aromatic carbocycles. The highest BCUT2D eigenvalue weighted by atomic mass is 35.5. The Kier molecular flexibility index (Phi) is 5.51. The van der Waals surface area contributed by atoms with Crippen LogP contribution in [0.2, 0.25) is 5.02 Å². The van der Waals surface area contributed by atoms with Crippen molar-refractivity contribution in [2.45, 2.75) is 11.8 Å². The lowest BCUT2D eigenvalue weighted by atomic mass is 10.1. The van der Waals surface area contributed by atoms with E-state index in [1.807, 2.05) is 54.6 Å². The van der Waals surface area contributed by atoms with Crippen LogP contribution in [0.15, 0.2) is 60.8 Å². The van der Waals surface area contributed by atoms with Gasteiger partial charge in [0, 0.05) is 22.5 Å². The van der Waals surface area contributed by atoms with Crippen LogP contribution in [0.5, 0.6) is 0 Å². The van der Waals surface area contributed by atoms with Crippen LogP contribution in [0, 0.1) is 0 Å². The summed E-state index contributed by atoms with van der Waals surface area (Å²) in [6.45, 7) is 0. The Morgan fingerprint density at radius 3 is 2.58 bits per heavy atom. The van der Waals surface area contributed by atoms with Crippen molar-refractivity contribution in [1.82, 2.24) is 4.98 Å². The third-order valence-corrected chi connectivity index (χ3v) is 5.16. The first-order valence-corrected chi connectivity index (χ1v) is 8.94. The van der Waals surface area contributed by atoms with E-state index in [4.69, 9.17) is 23.2 Å². The van der Waals surface area contributed by atoms with Gasteiger partial charge in [0.2, 0.25) is 5.91 Å². The van der Waals surface area contributed by atoms with Crippen molar-refractivity contribution in [1.29, 1.82) is 0 Å². The number of carbonyl (C=O) groups is 1. The second-order valence-corrected chi connectivity index (χ2v) is 7.12. The molecule has 1 N–H and O–H groups in total. The minimum absolute atomic E-state index is 0.290. The smallest absolute Gasteiger partial charge is 0.248 e. The largest absolute Gasteiger partial charge is 0.300 e. The molecule has 1 aromatic heterocycles. The zero-order chi connectivity index (χ0) is 16.9. The minimum atomic E-state index is -0.748. The van der Waals surface area contributed by atoms with Gasteiger partial charge in [-0.3, -0.25) is 4.79 Å². The molecule has 0 aliphatic carbocycles. The monoisotopic (exact) mass is 376 g/mol. The molecular weight excluding hydrogens is 363 g/mol. The summed E-state index contributed by atoms with van der Waals surface area (Å²) in [5.74, 6) is -0.290. The highest BCUT2D eigenvalue weighted by molar-refractivity contribution is 7.15. The summed E-state index contributed by atoms with van der Waals surface area (Å²) in [4.78, 5) is 17.5. The number of rotatable bonds is 5. The van der Waals surface area contributed by atoms with Crippen LogP contribution in [0.1, 0.15) is 21.4 Å². The molecule has 1 amide bonds. The zero-order valence-corrected chi connectivity index (χ0v) is 14.9. The SMILES string of the molecule is O=C(Nc1ncc(Cc2ccccc2Cl)s1)C(Cl)c1ccccc1. The molecule has 0 aliphatic rings. The predicted octanol–water partition coefficient (Wildman–Crippen LogP) is 5.31. The van der Waals surface area contributed by atoms with E-state index < -0.39 is 5.38 Å². The number of nitrogens with zero attached hydrogens (tertiary/aromatic N) is 1. The topological polar surface area (TPSA) is 42.0 Å². The summed E-state index contributed by atoms with van der Waals surface area (Å²) in [5, 5.41) is 3.27. The number of nitrogens with one attached hydrogen (secondary N) is 1. The maximum atomic E-state index is 12.2. The molecule has 122 valence electrons. The van der Waals surface area contributed by atoms with Gasteiger partial charge in [-0.1, -0.05) is 60.1 Å². The molecule has 0 aliphatic heterocycles. The molecule has 1 heterocycles.